The molecule has 4 heteroatoms. The van der Waals surface area contributed by atoms with Crippen molar-refractivity contribution in [3.8, 4) is 0 Å². The van der Waals surface area contributed by atoms with Gasteiger partial charge in [-0.05, 0) is 44.7 Å². The van der Waals surface area contributed by atoms with Gasteiger partial charge in [-0.1, -0.05) is 17.7 Å². The van der Waals surface area contributed by atoms with Crippen LogP contribution >= 0.6 is 0 Å². The molecule has 0 aliphatic heterocycles. The number of hydrogen-bond donors (Lipinski definition) is 3. The lowest BCUT2D eigenvalue weighted by Crippen LogP contribution is -2.41. The van der Waals surface area contributed by atoms with Crippen molar-refractivity contribution in [2.45, 2.75) is 38.2 Å². The smallest absolute Gasteiger partial charge is 0.306 e. The van der Waals surface area contributed by atoms with Gasteiger partial charge in [0.1, 0.15) is 0 Å². The fraction of sp³-hybridized carbons (Fsp3) is 0.533. The van der Waals surface area contributed by atoms with Crippen molar-refractivity contribution in [2.24, 2.45) is 5.92 Å². The summed E-state index contributed by atoms with van der Waals surface area (Å²) in [6.07, 6.45) is 2.20. The van der Waals surface area contributed by atoms with Gasteiger partial charge in [0.2, 0.25) is 0 Å². The van der Waals surface area contributed by atoms with Crippen molar-refractivity contribution >= 4 is 11.7 Å². The second-order valence-corrected chi connectivity index (χ2v) is 5.56. The van der Waals surface area contributed by atoms with Crippen LogP contribution in [0.15, 0.2) is 24.3 Å². The van der Waals surface area contributed by atoms with E-state index in [1.165, 1.54) is 5.56 Å². The van der Waals surface area contributed by atoms with Crippen LogP contribution in [0.25, 0.3) is 0 Å². The lowest BCUT2D eigenvalue weighted by atomic mass is 9.79. The first kappa shape index (κ1) is 13.9. The highest BCUT2D eigenvalue weighted by Crippen LogP contribution is 2.32. The van der Waals surface area contributed by atoms with Gasteiger partial charge < -0.3 is 15.5 Å². The monoisotopic (exact) mass is 263 g/mol. The molecule has 4 nitrogen and oxygen atoms in total. The Bertz CT molecular complexity index is 433. The number of aliphatic carboxylic acids is 1. The van der Waals surface area contributed by atoms with E-state index in [0.29, 0.717) is 32.2 Å². The molecule has 0 amide bonds. The molecular formula is C15H21NO3. The summed E-state index contributed by atoms with van der Waals surface area (Å²) in [5, 5.41) is 22.6. The molecular weight excluding hydrogens is 242 g/mol. The van der Waals surface area contributed by atoms with Gasteiger partial charge in [-0.15, -0.1) is 0 Å². The average Bonchev–Trinajstić information content (AvgIpc) is 2.39. The van der Waals surface area contributed by atoms with Crippen molar-refractivity contribution in [1.29, 1.82) is 0 Å². The van der Waals surface area contributed by atoms with Crippen LogP contribution in [0.1, 0.15) is 31.2 Å². The molecule has 0 bridgehead atoms. The molecule has 1 aromatic carbocycles. The molecule has 0 aromatic heterocycles. The molecule has 0 atom stereocenters. The third kappa shape index (κ3) is 3.70. The van der Waals surface area contributed by atoms with E-state index in [1.807, 2.05) is 31.2 Å². The number of carbonyl (C=O) groups is 1. The number of rotatable bonds is 4. The number of benzene rings is 1. The third-order valence-electron chi connectivity index (χ3n) is 3.94. The predicted molar refractivity (Wildman–Crippen MR) is 74.2 cm³/mol. The number of carboxylic acids is 1. The van der Waals surface area contributed by atoms with Crippen LogP contribution in [-0.2, 0) is 4.79 Å². The number of hydrogen-bond acceptors (Lipinski definition) is 3. The molecule has 0 heterocycles. The molecule has 0 radical (unpaired) electrons. The van der Waals surface area contributed by atoms with E-state index in [4.69, 9.17) is 5.11 Å². The maximum absolute atomic E-state index is 10.9. The van der Waals surface area contributed by atoms with Gasteiger partial charge in [-0.2, -0.15) is 0 Å². The van der Waals surface area contributed by atoms with Crippen molar-refractivity contribution in [3.63, 3.8) is 0 Å². The summed E-state index contributed by atoms with van der Waals surface area (Å²) < 4.78 is 0. The fourth-order valence-corrected chi connectivity index (χ4v) is 2.52. The van der Waals surface area contributed by atoms with Crippen LogP contribution in [0, 0.1) is 12.8 Å². The first-order chi connectivity index (χ1) is 8.98. The van der Waals surface area contributed by atoms with Gasteiger partial charge in [0, 0.05) is 12.2 Å². The predicted octanol–water partition coefficient (Wildman–Crippen LogP) is 2.41. The van der Waals surface area contributed by atoms with Crippen LogP contribution in [0.4, 0.5) is 5.69 Å². The molecule has 1 aliphatic carbocycles. The van der Waals surface area contributed by atoms with Gasteiger partial charge in [-0.25, -0.2) is 0 Å². The molecule has 2 rings (SSSR count). The maximum atomic E-state index is 10.9. The second-order valence-electron chi connectivity index (χ2n) is 5.56. The third-order valence-corrected chi connectivity index (χ3v) is 3.94. The minimum atomic E-state index is -0.781. The van der Waals surface area contributed by atoms with E-state index in [-0.39, 0.29) is 5.92 Å². The summed E-state index contributed by atoms with van der Waals surface area (Å²) in [5.41, 5.74) is 1.40. The largest absolute Gasteiger partial charge is 0.481 e. The Morgan fingerprint density at radius 3 is 2.42 bits per heavy atom. The Hall–Kier alpha value is -1.55. The molecule has 3 N–H and O–H groups in total. The van der Waals surface area contributed by atoms with Gasteiger partial charge in [-0.3, -0.25) is 4.79 Å². The van der Waals surface area contributed by atoms with E-state index in [2.05, 4.69) is 5.32 Å². The lowest BCUT2D eigenvalue weighted by Gasteiger charge is -2.35. The van der Waals surface area contributed by atoms with E-state index >= 15 is 0 Å². The Morgan fingerprint density at radius 2 is 1.89 bits per heavy atom. The molecule has 1 aliphatic rings. The zero-order valence-corrected chi connectivity index (χ0v) is 11.2. The highest BCUT2D eigenvalue weighted by molar-refractivity contribution is 5.70. The Morgan fingerprint density at radius 1 is 1.32 bits per heavy atom. The summed E-state index contributed by atoms with van der Waals surface area (Å²) >= 11 is 0. The molecule has 104 valence electrons. The highest BCUT2D eigenvalue weighted by atomic mass is 16.4. The van der Waals surface area contributed by atoms with Gasteiger partial charge in [0.25, 0.3) is 0 Å². The van der Waals surface area contributed by atoms with Crippen LogP contribution < -0.4 is 5.32 Å². The van der Waals surface area contributed by atoms with E-state index in [0.717, 1.165) is 5.69 Å². The molecule has 1 aromatic rings. The number of anilines is 1. The minimum Gasteiger partial charge on any atom is -0.481 e. The first-order valence-corrected chi connectivity index (χ1v) is 6.74. The standard InChI is InChI=1S/C15H21NO3/c1-11-2-4-13(5-3-11)16-10-15(19)8-6-12(7-9-15)14(17)18/h2-5,12,16,19H,6-10H2,1H3,(H,17,18). The van der Waals surface area contributed by atoms with Crippen LogP contribution in [0.3, 0.4) is 0 Å². The Kier molecular flexibility index (Phi) is 4.10. The highest BCUT2D eigenvalue weighted by Gasteiger charge is 2.35. The number of carboxylic acid groups (broad SMARTS) is 1. The van der Waals surface area contributed by atoms with Crippen molar-refractivity contribution in [1.82, 2.24) is 0 Å². The summed E-state index contributed by atoms with van der Waals surface area (Å²) in [4.78, 5) is 10.9. The Balaban J connectivity index is 1.86. The number of aliphatic hydroxyl groups is 1. The fourth-order valence-electron chi connectivity index (χ4n) is 2.52. The summed E-state index contributed by atoms with van der Waals surface area (Å²) in [6.45, 7) is 2.51. The minimum absolute atomic E-state index is 0.292. The lowest BCUT2D eigenvalue weighted by molar-refractivity contribution is -0.144. The number of nitrogens with one attached hydrogen (secondary N) is 1. The SMILES string of the molecule is Cc1ccc(NCC2(O)CCC(C(=O)O)CC2)cc1. The summed E-state index contributed by atoms with van der Waals surface area (Å²) in [6, 6.07) is 8.02. The van der Waals surface area contributed by atoms with Gasteiger partial charge in [0.05, 0.1) is 11.5 Å². The van der Waals surface area contributed by atoms with Crippen molar-refractivity contribution in [2.75, 3.05) is 11.9 Å². The van der Waals surface area contributed by atoms with Crippen LogP contribution in [0.5, 0.6) is 0 Å². The molecule has 0 unspecified atom stereocenters. The average molecular weight is 263 g/mol. The van der Waals surface area contributed by atoms with Crippen molar-refractivity contribution < 1.29 is 15.0 Å². The van der Waals surface area contributed by atoms with E-state index in [1.54, 1.807) is 0 Å². The molecule has 0 saturated heterocycles. The topological polar surface area (TPSA) is 69.6 Å². The van der Waals surface area contributed by atoms with Crippen LogP contribution in [-0.4, -0.2) is 28.3 Å². The molecule has 0 spiro atoms. The second kappa shape index (κ2) is 5.61. The summed E-state index contributed by atoms with van der Waals surface area (Å²) in [7, 11) is 0. The Labute approximate surface area is 113 Å². The zero-order chi connectivity index (χ0) is 13.9. The molecule has 1 saturated carbocycles. The maximum Gasteiger partial charge on any atom is 0.306 e. The first-order valence-electron chi connectivity index (χ1n) is 6.74. The van der Waals surface area contributed by atoms with Gasteiger partial charge >= 0.3 is 5.97 Å². The number of aryl methyl sites for hydroxylation is 1. The molecule has 19 heavy (non-hydrogen) atoms. The van der Waals surface area contributed by atoms with Crippen molar-refractivity contribution in [3.05, 3.63) is 29.8 Å². The quantitative estimate of drug-likeness (QED) is 0.780. The zero-order valence-electron chi connectivity index (χ0n) is 11.2. The summed E-state index contributed by atoms with van der Waals surface area (Å²) in [5.74, 6) is -1.03. The molecule has 1 fully saturated rings. The van der Waals surface area contributed by atoms with Gasteiger partial charge in [0.15, 0.2) is 0 Å². The normalized spacial score (nSPS) is 26.9. The van der Waals surface area contributed by atoms with E-state index < -0.39 is 11.6 Å². The van der Waals surface area contributed by atoms with Crippen LogP contribution in [0.2, 0.25) is 0 Å². The van der Waals surface area contributed by atoms with E-state index in [9.17, 15) is 9.90 Å².